The van der Waals surface area contributed by atoms with Crippen LogP contribution in [0.25, 0.3) is 10.9 Å². The Hall–Kier alpha value is -2.41. The van der Waals surface area contributed by atoms with Crippen LogP contribution in [0.3, 0.4) is 0 Å². The quantitative estimate of drug-likeness (QED) is 0.735. The first-order chi connectivity index (χ1) is 11.8. The molecule has 1 heterocycles. The topological polar surface area (TPSA) is 42.0 Å². The Kier molecular flexibility index (Phi) is 4.76. The molecule has 7 heteroatoms. The summed E-state index contributed by atoms with van der Waals surface area (Å²) in [5.41, 5.74) is 1.26. The molecule has 25 heavy (non-hydrogen) atoms. The Morgan fingerprint density at radius 1 is 1.08 bits per heavy atom. The zero-order chi connectivity index (χ0) is 18.0. The van der Waals surface area contributed by atoms with Gasteiger partial charge in [-0.05, 0) is 35.9 Å². The van der Waals surface area contributed by atoms with Crippen molar-refractivity contribution in [3.63, 3.8) is 0 Å². The zero-order valence-corrected chi connectivity index (χ0v) is 14.1. The van der Waals surface area contributed by atoms with E-state index in [-0.39, 0.29) is 5.52 Å². The number of fused-ring (bicyclic) bond motifs is 1. The second-order valence-corrected chi connectivity index (χ2v) is 6.92. The number of nitrogens with one attached hydrogen (secondary N) is 1. The SMILES string of the molecule is CS(=O)c1ccc(CNc2ccnc3cc(C(F)(F)F)ccc23)cc1. The number of anilines is 1. The summed E-state index contributed by atoms with van der Waals surface area (Å²) in [7, 11) is -1.03. The molecule has 1 aromatic heterocycles. The number of hydrogen-bond acceptors (Lipinski definition) is 3. The molecule has 0 aliphatic heterocycles. The summed E-state index contributed by atoms with van der Waals surface area (Å²) in [6.45, 7) is 0.497. The van der Waals surface area contributed by atoms with E-state index >= 15 is 0 Å². The third-order valence-electron chi connectivity index (χ3n) is 3.81. The van der Waals surface area contributed by atoms with Crippen LogP contribution < -0.4 is 5.32 Å². The van der Waals surface area contributed by atoms with E-state index in [0.29, 0.717) is 17.6 Å². The number of alkyl halides is 3. The van der Waals surface area contributed by atoms with Crippen LogP contribution in [0.15, 0.2) is 59.6 Å². The van der Waals surface area contributed by atoms with Gasteiger partial charge in [0.2, 0.25) is 0 Å². The molecule has 0 fully saturated rings. The predicted octanol–water partition coefficient (Wildman–Crippen LogP) is 4.60. The van der Waals surface area contributed by atoms with E-state index in [1.54, 1.807) is 24.5 Å². The molecule has 2 aromatic carbocycles. The highest BCUT2D eigenvalue weighted by Crippen LogP contribution is 2.32. The molecule has 0 aliphatic carbocycles. The molecule has 130 valence electrons. The number of rotatable bonds is 4. The van der Waals surface area contributed by atoms with E-state index in [1.165, 1.54) is 12.3 Å². The van der Waals surface area contributed by atoms with Crippen LogP contribution in [-0.4, -0.2) is 15.4 Å². The highest BCUT2D eigenvalue weighted by Gasteiger charge is 2.30. The van der Waals surface area contributed by atoms with Crippen molar-refractivity contribution < 1.29 is 17.4 Å². The molecule has 0 spiro atoms. The summed E-state index contributed by atoms with van der Waals surface area (Å²) < 4.78 is 49.8. The van der Waals surface area contributed by atoms with Crippen molar-refractivity contribution in [2.24, 2.45) is 0 Å². The molecule has 0 saturated carbocycles. The Balaban J connectivity index is 1.83. The largest absolute Gasteiger partial charge is 0.416 e. The third-order valence-corrected chi connectivity index (χ3v) is 4.74. The summed E-state index contributed by atoms with van der Waals surface area (Å²) in [5.74, 6) is 0. The average Bonchev–Trinajstić information content (AvgIpc) is 2.59. The van der Waals surface area contributed by atoms with E-state index in [2.05, 4.69) is 10.3 Å². The van der Waals surface area contributed by atoms with E-state index in [9.17, 15) is 17.4 Å². The van der Waals surface area contributed by atoms with Crippen LogP contribution in [0.4, 0.5) is 18.9 Å². The molecule has 3 rings (SSSR count). The lowest BCUT2D eigenvalue weighted by atomic mass is 10.1. The molecule has 3 nitrogen and oxygen atoms in total. The van der Waals surface area contributed by atoms with Crippen LogP contribution in [0.1, 0.15) is 11.1 Å². The standard InChI is InChI=1S/C18H15F3N2OS/c1-25(24)14-5-2-12(3-6-14)11-23-16-8-9-22-17-10-13(18(19,20)21)4-7-15(16)17/h2-10H,11H2,1H3,(H,22,23). The van der Waals surface area contributed by atoms with Crippen LogP contribution in [0, 0.1) is 0 Å². The van der Waals surface area contributed by atoms with Crippen molar-refractivity contribution in [1.82, 2.24) is 4.98 Å². The molecule has 0 aliphatic rings. The van der Waals surface area contributed by atoms with Crippen LogP contribution >= 0.6 is 0 Å². The van der Waals surface area contributed by atoms with Gasteiger partial charge in [0.1, 0.15) is 0 Å². The molecule has 0 radical (unpaired) electrons. The summed E-state index contributed by atoms with van der Waals surface area (Å²) in [5, 5.41) is 3.84. The number of benzene rings is 2. The molecule has 0 amide bonds. The maximum absolute atomic E-state index is 12.8. The lowest BCUT2D eigenvalue weighted by Crippen LogP contribution is -2.05. The van der Waals surface area contributed by atoms with Gasteiger partial charge in [-0.1, -0.05) is 18.2 Å². The van der Waals surface area contributed by atoms with E-state index in [4.69, 9.17) is 0 Å². The molecule has 3 aromatic rings. The van der Waals surface area contributed by atoms with Crippen LogP contribution in [0.2, 0.25) is 0 Å². The fourth-order valence-corrected chi connectivity index (χ4v) is 2.99. The van der Waals surface area contributed by atoms with Gasteiger partial charge in [0.05, 0.1) is 11.1 Å². The number of pyridine rings is 1. The highest BCUT2D eigenvalue weighted by atomic mass is 32.2. The normalized spacial score (nSPS) is 13.0. The Bertz CT molecular complexity index is 924. The van der Waals surface area contributed by atoms with Gasteiger partial charge in [-0.2, -0.15) is 13.2 Å². The first-order valence-electron chi connectivity index (χ1n) is 7.47. The second-order valence-electron chi connectivity index (χ2n) is 5.54. The van der Waals surface area contributed by atoms with Gasteiger partial charge in [0.15, 0.2) is 0 Å². The van der Waals surface area contributed by atoms with Crippen molar-refractivity contribution in [2.45, 2.75) is 17.6 Å². The van der Waals surface area contributed by atoms with Gasteiger partial charge in [-0.15, -0.1) is 0 Å². The summed E-state index contributed by atoms with van der Waals surface area (Å²) in [6, 6.07) is 12.6. The predicted molar refractivity (Wildman–Crippen MR) is 92.8 cm³/mol. The maximum Gasteiger partial charge on any atom is 0.416 e. The molecular weight excluding hydrogens is 349 g/mol. The number of halogens is 3. The van der Waals surface area contributed by atoms with Crippen LogP contribution in [0.5, 0.6) is 0 Å². The molecule has 1 atom stereocenters. The van der Waals surface area contributed by atoms with Crippen LogP contribution in [-0.2, 0) is 23.5 Å². The fourth-order valence-electron chi connectivity index (χ4n) is 2.47. The highest BCUT2D eigenvalue weighted by molar-refractivity contribution is 7.84. The Morgan fingerprint density at radius 2 is 1.80 bits per heavy atom. The zero-order valence-electron chi connectivity index (χ0n) is 13.3. The summed E-state index contributed by atoms with van der Waals surface area (Å²) >= 11 is 0. The van der Waals surface area contributed by atoms with Gasteiger partial charge in [0.25, 0.3) is 0 Å². The van der Waals surface area contributed by atoms with Gasteiger partial charge >= 0.3 is 6.18 Å². The minimum Gasteiger partial charge on any atom is -0.380 e. The van der Waals surface area contributed by atoms with Crippen molar-refractivity contribution in [3.05, 3.63) is 65.9 Å². The summed E-state index contributed by atoms with van der Waals surface area (Å²) in [6.07, 6.45) is -1.29. The van der Waals surface area contributed by atoms with Gasteiger partial charge in [-0.25, -0.2) is 0 Å². The van der Waals surface area contributed by atoms with Gasteiger partial charge in [0, 0.05) is 45.8 Å². The van der Waals surface area contributed by atoms with Crippen molar-refractivity contribution in [1.29, 1.82) is 0 Å². The fraction of sp³-hybridized carbons (Fsp3) is 0.167. The minimum atomic E-state index is -4.39. The van der Waals surface area contributed by atoms with Crippen molar-refractivity contribution in [3.8, 4) is 0 Å². The first-order valence-corrected chi connectivity index (χ1v) is 9.02. The summed E-state index contributed by atoms with van der Waals surface area (Å²) in [4.78, 5) is 4.78. The van der Waals surface area contributed by atoms with E-state index in [0.717, 1.165) is 22.6 Å². The molecule has 0 bridgehead atoms. The van der Waals surface area contributed by atoms with E-state index < -0.39 is 22.5 Å². The second kappa shape index (κ2) is 6.84. The van der Waals surface area contributed by atoms with Crippen molar-refractivity contribution >= 4 is 27.4 Å². The van der Waals surface area contributed by atoms with Gasteiger partial charge in [-0.3, -0.25) is 9.19 Å². The van der Waals surface area contributed by atoms with Crippen molar-refractivity contribution in [2.75, 3.05) is 11.6 Å². The average molecular weight is 364 g/mol. The lowest BCUT2D eigenvalue weighted by Gasteiger charge is -2.12. The number of nitrogens with zero attached hydrogens (tertiary/aromatic N) is 1. The Morgan fingerprint density at radius 3 is 2.44 bits per heavy atom. The van der Waals surface area contributed by atoms with E-state index in [1.807, 2.05) is 12.1 Å². The third kappa shape index (κ3) is 3.99. The smallest absolute Gasteiger partial charge is 0.380 e. The lowest BCUT2D eigenvalue weighted by molar-refractivity contribution is -0.137. The maximum atomic E-state index is 12.8. The molecule has 1 unspecified atom stereocenters. The Labute approximate surface area is 145 Å². The molecular formula is C18H15F3N2OS. The monoisotopic (exact) mass is 364 g/mol. The number of aromatic nitrogens is 1. The minimum absolute atomic E-state index is 0.288. The van der Waals surface area contributed by atoms with Gasteiger partial charge < -0.3 is 5.32 Å². The molecule has 0 saturated heterocycles. The molecule has 1 N–H and O–H groups in total. The first kappa shape index (κ1) is 17.4. The number of hydrogen-bond donors (Lipinski definition) is 1.